The van der Waals surface area contributed by atoms with E-state index in [-0.39, 0.29) is 6.79 Å². The van der Waals surface area contributed by atoms with Gasteiger partial charge in [0.15, 0.2) is 11.5 Å². The molecule has 21 heavy (non-hydrogen) atoms. The molecule has 2 aromatic rings. The van der Waals surface area contributed by atoms with Crippen LogP contribution < -0.4 is 20.5 Å². The molecule has 1 heterocycles. The minimum Gasteiger partial charge on any atom is -0.454 e. The van der Waals surface area contributed by atoms with E-state index in [9.17, 15) is 4.79 Å². The fourth-order valence-corrected chi connectivity index (χ4v) is 2.32. The van der Waals surface area contributed by atoms with Crippen LogP contribution in [0.15, 0.2) is 36.4 Å². The predicted molar refractivity (Wildman–Crippen MR) is 79.9 cm³/mol. The molecule has 0 aliphatic carbocycles. The van der Waals surface area contributed by atoms with Gasteiger partial charge in [-0.15, -0.1) is 0 Å². The zero-order valence-electron chi connectivity index (χ0n) is 11.1. The van der Waals surface area contributed by atoms with Crippen LogP contribution in [0.5, 0.6) is 11.5 Å². The number of amides is 1. The third kappa shape index (κ3) is 2.73. The van der Waals surface area contributed by atoms with Crippen LogP contribution in [0.1, 0.15) is 15.9 Å². The van der Waals surface area contributed by atoms with Crippen LogP contribution in [-0.4, -0.2) is 12.7 Å². The second kappa shape index (κ2) is 5.54. The fraction of sp³-hybridized carbons (Fsp3) is 0.133. The normalized spacial score (nSPS) is 12.2. The van der Waals surface area contributed by atoms with Crippen LogP contribution in [0, 0.1) is 0 Å². The number of fused-ring (bicyclic) bond motifs is 1. The van der Waals surface area contributed by atoms with Gasteiger partial charge in [-0.2, -0.15) is 0 Å². The smallest absolute Gasteiger partial charge is 0.248 e. The average Bonchev–Trinajstić information content (AvgIpc) is 2.95. The Labute approximate surface area is 126 Å². The Morgan fingerprint density at radius 2 is 2.14 bits per heavy atom. The number of carbonyl (C=O) groups excluding carboxylic acids is 1. The molecule has 0 saturated carbocycles. The SMILES string of the molecule is NC(=O)c1ccc(Cl)c(NCc2cccc3c2OCO3)c1. The van der Waals surface area contributed by atoms with E-state index in [0.29, 0.717) is 22.8 Å². The zero-order valence-corrected chi connectivity index (χ0v) is 11.8. The quantitative estimate of drug-likeness (QED) is 0.911. The van der Waals surface area contributed by atoms with Gasteiger partial charge in [-0.05, 0) is 24.3 Å². The number of carbonyl (C=O) groups is 1. The topological polar surface area (TPSA) is 73.6 Å². The maximum Gasteiger partial charge on any atom is 0.248 e. The minimum absolute atomic E-state index is 0.226. The molecule has 2 aromatic carbocycles. The molecule has 108 valence electrons. The molecule has 0 saturated heterocycles. The molecule has 5 nitrogen and oxygen atoms in total. The first-order valence-corrected chi connectivity index (χ1v) is 6.73. The lowest BCUT2D eigenvalue weighted by Gasteiger charge is -2.11. The fourth-order valence-electron chi connectivity index (χ4n) is 2.13. The van der Waals surface area contributed by atoms with Gasteiger partial charge in [-0.25, -0.2) is 0 Å². The van der Waals surface area contributed by atoms with Crippen molar-refractivity contribution >= 4 is 23.2 Å². The molecule has 0 bridgehead atoms. The molecule has 0 atom stereocenters. The molecule has 0 aromatic heterocycles. The maximum absolute atomic E-state index is 11.2. The number of hydrogen-bond acceptors (Lipinski definition) is 4. The van der Waals surface area contributed by atoms with Crippen molar-refractivity contribution in [2.45, 2.75) is 6.54 Å². The first-order chi connectivity index (χ1) is 10.1. The highest BCUT2D eigenvalue weighted by Gasteiger charge is 2.17. The number of rotatable bonds is 4. The molecule has 1 amide bonds. The lowest BCUT2D eigenvalue weighted by molar-refractivity contribution is 0.100. The van der Waals surface area contributed by atoms with Gasteiger partial charge in [0.1, 0.15) is 0 Å². The standard InChI is InChI=1S/C15H13ClN2O3/c16-11-5-4-9(15(17)19)6-12(11)18-7-10-2-1-3-13-14(10)21-8-20-13/h1-6,18H,7-8H2,(H2,17,19). The first kappa shape index (κ1) is 13.6. The molecule has 1 aliphatic heterocycles. The number of ether oxygens (including phenoxy) is 2. The lowest BCUT2D eigenvalue weighted by atomic mass is 10.1. The number of nitrogens with two attached hydrogens (primary N) is 1. The maximum atomic E-state index is 11.2. The number of primary amides is 1. The Hall–Kier alpha value is -2.40. The van der Waals surface area contributed by atoms with E-state index in [2.05, 4.69) is 5.32 Å². The van der Waals surface area contributed by atoms with E-state index in [0.717, 1.165) is 17.1 Å². The van der Waals surface area contributed by atoms with E-state index in [1.54, 1.807) is 18.2 Å². The Morgan fingerprint density at radius 3 is 2.95 bits per heavy atom. The largest absolute Gasteiger partial charge is 0.454 e. The highest BCUT2D eigenvalue weighted by atomic mass is 35.5. The molecule has 6 heteroatoms. The van der Waals surface area contributed by atoms with Crippen molar-refractivity contribution < 1.29 is 14.3 Å². The molecule has 0 spiro atoms. The number of anilines is 1. The third-order valence-corrected chi connectivity index (χ3v) is 3.53. The minimum atomic E-state index is -0.493. The lowest BCUT2D eigenvalue weighted by Crippen LogP contribution is -2.11. The van der Waals surface area contributed by atoms with Crippen molar-refractivity contribution in [2.75, 3.05) is 12.1 Å². The van der Waals surface area contributed by atoms with E-state index < -0.39 is 5.91 Å². The monoisotopic (exact) mass is 304 g/mol. The average molecular weight is 305 g/mol. The Morgan fingerprint density at radius 1 is 1.29 bits per heavy atom. The third-order valence-electron chi connectivity index (χ3n) is 3.20. The summed E-state index contributed by atoms with van der Waals surface area (Å²) in [6.07, 6.45) is 0. The van der Waals surface area contributed by atoms with Crippen molar-refractivity contribution in [1.82, 2.24) is 0 Å². The summed E-state index contributed by atoms with van der Waals surface area (Å²) in [5, 5.41) is 3.70. The van der Waals surface area contributed by atoms with Gasteiger partial charge in [0, 0.05) is 17.7 Å². The van der Waals surface area contributed by atoms with Crippen molar-refractivity contribution in [1.29, 1.82) is 0 Å². The summed E-state index contributed by atoms with van der Waals surface area (Å²) in [5.74, 6) is 0.963. The number of para-hydroxylation sites is 1. The van der Waals surface area contributed by atoms with E-state index in [4.69, 9.17) is 26.8 Å². The van der Waals surface area contributed by atoms with Crippen LogP contribution >= 0.6 is 11.6 Å². The second-order valence-electron chi connectivity index (χ2n) is 4.56. The van der Waals surface area contributed by atoms with Crippen molar-refractivity contribution in [3.63, 3.8) is 0 Å². The predicted octanol–water partition coefficient (Wildman–Crippen LogP) is 2.78. The Bertz CT molecular complexity index is 703. The summed E-state index contributed by atoms with van der Waals surface area (Å²) in [7, 11) is 0. The van der Waals surface area contributed by atoms with Gasteiger partial charge in [0.25, 0.3) is 0 Å². The Kier molecular flexibility index (Phi) is 3.58. The van der Waals surface area contributed by atoms with E-state index in [1.807, 2.05) is 18.2 Å². The molecule has 0 fully saturated rings. The van der Waals surface area contributed by atoms with Crippen molar-refractivity contribution in [3.05, 3.63) is 52.5 Å². The first-order valence-electron chi connectivity index (χ1n) is 6.36. The molecule has 3 N–H and O–H groups in total. The summed E-state index contributed by atoms with van der Waals surface area (Å²) in [4.78, 5) is 11.2. The van der Waals surface area contributed by atoms with Crippen LogP contribution in [0.2, 0.25) is 5.02 Å². The summed E-state index contributed by atoms with van der Waals surface area (Å²) in [6, 6.07) is 10.5. The molecular formula is C15H13ClN2O3. The molecule has 0 radical (unpaired) electrons. The van der Waals surface area contributed by atoms with Crippen molar-refractivity contribution in [2.24, 2.45) is 5.73 Å². The van der Waals surface area contributed by atoms with Crippen molar-refractivity contribution in [3.8, 4) is 11.5 Å². The number of benzene rings is 2. The van der Waals surface area contributed by atoms with E-state index >= 15 is 0 Å². The summed E-state index contributed by atoms with van der Waals surface area (Å²) in [5.41, 5.74) is 7.26. The van der Waals surface area contributed by atoms with Crippen LogP contribution in [0.4, 0.5) is 5.69 Å². The number of halogens is 1. The molecule has 1 aliphatic rings. The van der Waals surface area contributed by atoms with Crippen LogP contribution in [0.25, 0.3) is 0 Å². The van der Waals surface area contributed by atoms with Crippen LogP contribution in [0.3, 0.4) is 0 Å². The van der Waals surface area contributed by atoms with Gasteiger partial charge in [0.05, 0.1) is 10.7 Å². The van der Waals surface area contributed by atoms with E-state index in [1.165, 1.54) is 0 Å². The van der Waals surface area contributed by atoms with Crippen LogP contribution in [-0.2, 0) is 6.54 Å². The molecule has 3 rings (SSSR count). The highest BCUT2D eigenvalue weighted by Crippen LogP contribution is 2.36. The van der Waals surface area contributed by atoms with Gasteiger partial charge < -0.3 is 20.5 Å². The molecule has 0 unspecified atom stereocenters. The number of nitrogens with one attached hydrogen (secondary N) is 1. The molecular weight excluding hydrogens is 292 g/mol. The zero-order chi connectivity index (χ0) is 14.8. The highest BCUT2D eigenvalue weighted by molar-refractivity contribution is 6.33. The van der Waals surface area contributed by atoms with Gasteiger partial charge in [-0.1, -0.05) is 23.7 Å². The summed E-state index contributed by atoms with van der Waals surface area (Å²) >= 11 is 6.11. The summed E-state index contributed by atoms with van der Waals surface area (Å²) < 4.78 is 10.8. The summed E-state index contributed by atoms with van der Waals surface area (Å²) in [6.45, 7) is 0.721. The van der Waals surface area contributed by atoms with Gasteiger partial charge in [0.2, 0.25) is 12.7 Å². The van der Waals surface area contributed by atoms with Gasteiger partial charge >= 0.3 is 0 Å². The second-order valence-corrected chi connectivity index (χ2v) is 4.97. The van der Waals surface area contributed by atoms with Gasteiger partial charge in [-0.3, -0.25) is 4.79 Å². The Balaban J connectivity index is 1.81. The number of hydrogen-bond donors (Lipinski definition) is 2.